The number of aromatic nitrogens is 2. The van der Waals surface area contributed by atoms with Gasteiger partial charge >= 0.3 is 5.69 Å². The number of ether oxygens (including phenoxy) is 1. The molecule has 292 valence electrons. The normalized spacial score (nSPS) is 15.2. The number of unbranched alkanes of at least 4 members (excludes halogenated alkanes) is 13. The van der Waals surface area contributed by atoms with Gasteiger partial charge in [-0.05, 0) is 43.7 Å². The smallest absolute Gasteiger partial charge is 0.331 e. The van der Waals surface area contributed by atoms with Crippen molar-refractivity contribution in [1.82, 2.24) is 9.13 Å². The minimum Gasteiger partial charge on any atom is -0.344 e. The number of carbonyl (C=O) groups is 2. The minimum absolute atomic E-state index is 0.0175. The van der Waals surface area contributed by atoms with Crippen molar-refractivity contribution in [2.24, 2.45) is 5.41 Å². The fourth-order valence-electron chi connectivity index (χ4n) is 6.76. The van der Waals surface area contributed by atoms with Gasteiger partial charge in [-0.3, -0.25) is 18.9 Å². The van der Waals surface area contributed by atoms with Crippen LogP contribution in [0.4, 0.5) is 11.4 Å². The average Bonchev–Trinajstić information content (AvgIpc) is 3.34. The number of anilines is 2. The molecule has 0 saturated carbocycles. The molecule has 2 N–H and O–H groups in total. The van der Waals surface area contributed by atoms with Gasteiger partial charge in [0.05, 0.1) is 17.1 Å². The van der Waals surface area contributed by atoms with Crippen LogP contribution >= 0.6 is 23.2 Å². The molecule has 0 bridgehead atoms. The molecule has 1 aromatic carbocycles. The molecule has 1 amide bonds. The van der Waals surface area contributed by atoms with E-state index in [1.165, 1.54) is 94.1 Å². The highest BCUT2D eigenvalue weighted by molar-refractivity contribution is 7.92. The van der Waals surface area contributed by atoms with Gasteiger partial charge in [0.1, 0.15) is 4.33 Å². The number of carbonyl (C=O) groups excluding carboxylic acids is 2. The summed E-state index contributed by atoms with van der Waals surface area (Å²) in [7, 11) is -2.45. The van der Waals surface area contributed by atoms with E-state index in [4.69, 9.17) is 27.9 Å². The SMILES string of the molecule is CCCCCCCCCCCCCCCCS(=O)(=O)Nc1cccc(NC(=O)C(OC)(C(=O)C(C)(C)C)n2c3c(n(CC)c2=O)CC(Cl)(Cl)C=C3)c1. The highest BCUT2D eigenvalue weighted by Gasteiger charge is 2.55. The molecule has 1 aromatic heterocycles. The van der Waals surface area contributed by atoms with Crippen molar-refractivity contribution in [3.8, 4) is 0 Å². The largest absolute Gasteiger partial charge is 0.344 e. The van der Waals surface area contributed by atoms with E-state index >= 15 is 0 Å². The quantitative estimate of drug-likeness (QED) is 0.0657. The Bertz CT molecular complexity index is 1690. The second-order valence-electron chi connectivity index (χ2n) is 14.9. The molecular formula is C39H60Cl2N4O6S. The number of nitrogens with one attached hydrogen (secondary N) is 2. The molecule has 1 unspecified atom stereocenters. The number of halogens is 2. The van der Waals surface area contributed by atoms with Crippen molar-refractivity contribution in [1.29, 1.82) is 0 Å². The van der Waals surface area contributed by atoms with E-state index in [2.05, 4.69) is 17.0 Å². The molecule has 0 saturated heterocycles. The Labute approximate surface area is 321 Å². The summed E-state index contributed by atoms with van der Waals surface area (Å²) in [5.74, 6) is -1.60. The number of benzene rings is 1. The van der Waals surface area contributed by atoms with Crippen molar-refractivity contribution in [3.63, 3.8) is 0 Å². The molecule has 1 atom stereocenters. The van der Waals surface area contributed by atoms with Gasteiger partial charge in [-0.25, -0.2) is 17.8 Å². The lowest BCUT2D eigenvalue weighted by atomic mass is 9.83. The Morgan fingerprint density at radius 3 is 1.94 bits per heavy atom. The number of methoxy groups -OCH3 is 1. The van der Waals surface area contributed by atoms with Crippen LogP contribution < -0.4 is 15.7 Å². The van der Waals surface area contributed by atoms with E-state index in [-0.39, 0.29) is 35.8 Å². The van der Waals surface area contributed by atoms with Crippen LogP contribution in [-0.2, 0) is 43.0 Å². The Hall–Kier alpha value is -2.60. The van der Waals surface area contributed by atoms with Gasteiger partial charge in [-0.2, -0.15) is 0 Å². The number of imidazole rings is 1. The third-order valence-corrected chi connectivity index (χ3v) is 11.4. The van der Waals surface area contributed by atoms with Crippen LogP contribution in [0.2, 0.25) is 0 Å². The number of ketones is 1. The van der Waals surface area contributed by atoms with Crippen molar-refractivity contribution < 1.29 is 22.7 Å². The van der Waals surface area contributed by atoms with Crippen molar-refractivity contribution in [2.45, 2.75) is 148 Å². The van der Waals surface area contributed by atoms with Crippen LogP contribution in [0, 0.1) is 5.41 Å². The molecule has 0 radical (unpaired) electrons. The summed E-state index contributed by atoms with van der Waals surface area (Å²) in [6.45, 7) is 9.15. The molecule has 0 aliphatic heterocycles. The number of hydrogen-bond acceptors (Lipinski definition) is 6. The average molecular weight is 784 g/mol. The maximum atomic E-state index is 14.3. The lowest BCUT2D eigenvalue weighted by Crippen LogP contribution is -2.60. The number of rotatable bonds is 23. The summed E-state index contributed by atoms with van der Waals surface area (Å²) in [6.07, 6.45) is 19.6. The number of alkyl halides is 2. The summed E-state index contributed by atoms with van der Waals surface area (Å²) in [4.78, 5) is 42.5. The van der Waals surface area contributed by atoms with E-state index in [9.17, 15) is 22.8 Å². The topological polar surface area (TPSA) is 129 Å². The number of Topliss-reactive ketones (excluding diaryl/α,β-unsaturated/α-hetero) is 1. The Kier molecular flexibility index (Phi) is 16.5. The molecule has 3 rings (SSSR count). The summed E-state index contributed by atoms with van der Waals surface area (Å²) < 4.78 is 35.5. The van der Waals surface area contributed by atoms with Crippen LogP contribution in [0.3, 0.4) is 0 Å². The first-order valence-electron chi connectivity index (χ1n) is 19.0. The second-order valence-corrected chi connectivity index (χ2v) is 18.3. The molecule has 1 aliphatic rings. The third kappa shape index (κ3) is 11.7. The molecule has 13 heteroatoms. The van der Waals surface area contributed by atoms with Crippen molar-refractivity contribution >= 4 is 62.4 Å². The first-order chi connectivity index (χ1) is 24.5. The molecule has 2 aromatic rings. The third-order valence-electron chi connectivity index (χ3n) is 9.56. The Morgan fingerprint density at radius 1 is 0.885 bits per heavy atom. The molecule has 0 spiro atoms. The van der Waals surface area contributed by atoms with Gasteiger partial charge in [-0.15, -0.1) is 0 Å². The fourth-order valence-corrected chi connectivity index (χ4v) is 8.31. The van der Waals surface area contributed by atoms with E-state index in [1.807, 2.05) is 0 Å². The van der Waals surface area contributed by atoms with Gasteiger partial charge in [0, 0.05) is 36.9 Å². The summed E-state index contributed by atoms with van der Waals surface area (Å²) in [5.41, 5.74) is -2.98. The van der Waals surface area contributed by atoms with Crippen LogP contribution in [0.5, 0.6) is 0 Å². The summed E-state index contributed by atoms with van der Waals surface area (Å²) in [6, 6.07) is 6.20. The zero-order valence-corrected chi connectivity index (χ0v) is 34.3. The van der Waals surface area contributed by atoms with Crippen LogP contribution in [0.25, 0.3) is 6.08 Å². The standard InChI is InChI=1S/C39H60Cl2N4O6S/c1-7-9-10-11-12-13-14-15-16-17-18-19-20-21-27-52(49,50)43-31-24-22-23-30(28-31)42-35(47)39(51-6,34(46)37(3,4)5)45-32-25-26-38(40,41)29-33(32)44(8-2)36(45)48/h22-26,28,43H,7-21,27,29H2,1-6H3,(H,42,47). The van der Waals surface area contributed by atoms with Crippen molar-refractivity contribution in [2.75, 3.05) is 22.9 Å². The van der Waals surface area contributed by atoms with Crippen LogP contribution in [0.15, 0.2) is 35.1 Å². The fraction of sp³-hybridized carbons (Fsp3) is 0.667. The van der Waals surface area contributed by atoms with E-state index in [0.717, 1.165) is 23.8 Å². The molecule has 1 aliphatic carbocycles. The van der Waals surface area contributed by atoms with Gasteiger partial charge in [0.25, 0.3) is 11.6 Å². The van der Waals surface area contributed by atoms with Gasteiger partial charge in [0.2, 0.25) is 15.8 Å². The van der Waals surface area contributed by atoms with E-state index in [0.29, 0.717) is 12.1 Å². The van der Waals surface area contributed by atoms with Gasteiger partial charge in [-0.1, -0.05) is 140 Å². The minimum atomic E-state index is -3.65. The summed E-state index contributed by atoms with van der Waals surface area (Å²) in [5, 5.41) is 2.72. The zero-order valence-electron chi connectivity index (χ0n) is 32.0. The Balaban J connectivity index is 1.66. The predicted molar refractivity (Wildman–Crippen MR) is 214 cm³/mol. The number of nitrogens with zero attached hydrogens (tertiary/aromatic N) is 2. The number of sulfonamides is 1. The van der Waals surface area contributed by atoms with E-state index < -0.39 is 42.9 Å². The zero-order chi connectivity index (χ0) is 38.6. The van der Waals surface area contributed by atoms with E-state index in [1.54, 1.807) is 45.9 Å². The first kappa shape index (κ1) is 43.8. The van der Waals surface area contributed by atoms with Crippen molar-refractivity contribution in [3.05, 3.63) is 52.2 Å². The second kappa shape index (κ2) is 19.6. The monoisotopic (exact) mass is 782 g/mol. The number of allylic oxidation sites excluding steroid dienone is 1. The van der Waals surface area contributed by atoms with Crippen LogP contribution in [-0.4, -0.2) is 46.4 Å². The molecule has 0 fully saturated rings. The van der Waals surface area contributed by atoms with Gasteiger partial charge < -0.3 is 10.1 Å². The number of fused-ring (bicyclic) bond motifs is 1. The summed E-state index contributed by atoms with van der Waals surface area (Å²) >= 11 is 12.8. The maximum absolute atomic E-state index is 14.3. The highest BCUT2D eigenvalue weighted by atomic mass is 35.5. The Morgan fingerprint density at radius 2 is 1.42 bits per heavy atom. The first-order valence-corrected chi connectivity index (χ1v) is 21.4. The van der Waals surface area contributed by atoms with Gasteiger partial charge in [0.15, 0.2) is 0 Å². The lowest BCUT2D eigenvalue weighted by molar-refractivity contribution is -0.172. The number of amides is 1. The molecular weight excluding hydrogens is 723 g/mol. The van der Waals surface area contributed by atoms with Crippen LogP contribution in [0.1, 0.15) is 136 Å². The molecule has 1 heterocycles. The lowest BCUT2D eigenvalue weighted by Gasteiger charge is -2.36. The molecule has 52 heavy (non-hydrogen) atoms. The number of hydrogen-bond donors (Lipinski definition) is 2. The highest BCUT2D eigenvalue weighted by Crippen LogP contribution is 2.38. The molecule has 10 nitrogen and oxygen atoms in total. The maximum Gasteiger partial charge on any atom is 0.331 e. The predicted octanol–water partition coefficient (Wildman–Crippen LogP) is 9.19.